The number of halogens is 5. The Hall–Kier alpha value is -2.17. The molecule has 0 aliphatic heterocycles. The standard InChI is InChI=1S/C14H5F5/c15-8-2-6-1-7-3-9(16)5-11(18)13(7)14(19)12(6)10(17)4-8/h1-5H. The molecule has 5 heteroatoms. The summed E-state index contributed by atoms with van der Waals surface area (Å²) < 4.78 is 67.4. The van der Waals surface area contributed by atoms with Crippen LogP contribution in [0.25, 0.3) is 21.5 Å². The van der Waals surface area contributed by atoms with E-state index < -0.39 is 39.9 Å². The van der Waals surface area contributed by atoms with Crippen molar-refractivity contribution in [3.63, 3.8) is 0 Å². The predicted molar refractivity (Wildman–Crippen MR) is 61.2 cm³/mol. The van der Waals surface area contributed by atoms with E-state index in [4.69, 9.17) is 0 Å². The van der Waals surface area contributed by atoms with Crippen LogP contribution in [0.4, 0.5) is 22.0 Å². The van der Waals surface area contributed by atoms with E-state index in [1.54, 1.807) is 0 Å². The van der Waals surface area contributed by atoms with Gasteiger partial charge in [-0.15, -0.1) is 0 Å². The van der Waals surface area contributed by atoms with Crippen LogP contribution in [0.15, 0.2) is 30.3 Å². The van der Waals surface area contributed by atoms with Gasteiger partial charge in [-0.3, -0.25) is 0 Å². The Bertz CT molecular complexity index is 757. The van der Waals surface area contributed by atoms with Gasteiger partial charge in [-0.1, -0.05) is 0 Å². The summed E-state index contributed by atoms with van der Waals surface area (Å²) >= 11 is 0. The highest BCUT2D eigenvalue weighted by molar-refractivity contribution is 5.99. The van der Waals surface area contributed by atoms with E-state index in [1.165, 1.54) is 0 Å². The summed E-state index contributed by atoms with van der Waals surface area (Å²) in [5.74, 6) is -5.19. The molecule has 0 aliphatic carbocycles. The zero-order valence-electron chi connectivity index (χ0n) is 9.28. The molecule has 3 rings (SSSR count). The molecule has 3 aromatic carbocycles. The zero-order valence-corrected chi connectivity index (χ0v) is 9.28. The first-order valence-corrected chi connectivity index (χ1v) is 5.33. The molecule has 3 aromatic rings. The summed E-state index contributed by atoms with van der Waals surface area (Å²) in [4.78, 5) is 0. The van der Waals surface area contributed by atoms with Gasteiger partial charge in [0.1, 0.15) is 29.1 Å². The smallest absolute Gasteiger partial charge is 0.144 e. The molecule has 0 amide bonds. The fourth-order valence-electron chi connectivity index (χ4n) is 2.17. The highest BCUT2D eigenvalue weighted by atomic mass is 19.2. The molecule has 19 heavy (non-hydrogen) atoms. The maximum Gasteiger partial charge on any atom is 0.144 e. The van der Waals surface area contributed by atoms with Gasteiger partial charge in [-0.25, -0.2) is 22.0 Å². The lowest BCUT2D eigenvalue weighted by atomic mass is 10.0. The molecule has 0 saturated heterocycles. The topological polar surface area (TPSA) is 0 Å². The van der Waals surface area contributed by atoms with E-state index in [9.17, 15) is 22.0 Å². The Kier molecular flexibility index (Phi) is 2.45. The molecule has 0 spiro atoms. The van der Waals surface area contributed by atoms with Crippen molar-refractivity contribution in [3.8, 4) is 0 Å². The van der Waals surface area contributed by atoms with Crippen molar-refractivity contribution in [2.45, 2.75) is 0 Å². The normalized spacial score (nSPS) is 11.4. The Morgan fingerprint density at radius 1 is 0.526 bits per heavy atom. The predicted octanol–water partition coefficient (Wildman–Crippen LogP) is 4.69. The van der Waals surface area contributed by atoms with Crippen LogP contribution in [0, 0.1) is 29.1 Å². The molecule has 0 aliphatic rings. The quantitative estimate of drug-likeness (QED) is 0.410. The SMILES string of the molecule is Fc1cc(F)c2c(F)c3c(F)cc(F)cc3cc2c1. The van der Waals surface area contributed by atoms with Gasteiger partial charge in [0.15, 0.2) is 0 Å². The number of fused-ring (bicyclic) bond motifs is 2. The van der Waals surface area contributed by atoms with Gasteiger partial charge in [-0.05, 0) is 29.0 Å². The number of rotatable bonds is 0. The molecule has 0 radical (unpaired) electrons. The third-order valence-electron chi connectivity index (χ3n) is 2.92. The molecule has 0 N–H and O–H groups in total. The minimum absolute atomic E-state index is 0.0903. The van der Waals surface area contributed by atoms with Gasteiger partial charge in [0.25, 0.3) is 0 Å². The molecule has 0 nitrogen and oxygen atoms in total. The van der Waals surface area contributed by atoms with Crippen LogP contribution in [0.5, 0.6) is 0 Å². The third kappa shape index (κ3) is 1.73. The average Bonchev–Trinajstić information content (AvgIpc) is 2.25. The fraction of sp³-hybridized carbons (Fsp3) is 0. The minimum Gasteiger partial charge on any atom is -0.207 e. The van der Waals surface area contributed by atoms with E-state index in [0.717, 1.165) is 18.2 Å². The Morgan fingerprint density at radius 3 is 1.37 bits per heavy atom. The molecule has 0 bridgehead atoms. The molecule has 0 aromatic heterocycles. The fourth-order valence-corrected chi connectivity index (χ4v) is 2.17. The average molecular weight is 268 g/mol. The molecule has 0 fully saturated rings. The minimum atomic E-state index is -1.16. The van der Waals surface area contributed by atoms with Crippen LogP contribution < -0.4 is 0 Å². The van der Waals surface area contributed by atoms with Gasteiger partial charge in [0, 0.05) is 12.1 Å². The number of hydrogen-bond acceptors (Lipinski definition) is 0. The first-order chi connectivity index (χ1) is 8.97. The van der Waals surface area contributed by atoms with E-state index >= 15 is 0 Å². The summed E-state index contributed by atoms with van der Waals surface area (Å²) in [6, 6.07) is 3.98. The van der Waals surface area contributed by atoms with Gasteiger partial charge in [-0.2, -0.15) is 0 Å². The monoisotopic (exact) mass is 268 g/mol. The van der Waals surface area contributed by atoms with Crippen LogP contribution in [0.3, 0.4) is 0 Å². The van der Waals surface area contributed by atoms with Crippen molar-refractivity contribution >= 4 is 21.5 Å². The Balaban J connectivity index is 2.60. The second kappa shape index (κ2) is 3.91. The highest BCUT2D eigenvalue weighted by Gasteiger charge is 2.16. The van der Waals surface area contributed by atoms with Gasteiger partial charge < -0.3 is 0 Å². The molecular weight excluding hydrogens is 263 g/mol. The molecule has 0 heterocycles. The van der Waals surface area contributed by atoms with Crippen molar-refractivity contribution in [3.05, 3.63) is 59.4 Å². The van der Waals surface area contributed by atoms with Crippen LogP contribution in [-0.4, -0.2) is 0 Å². The van der Waals surface area contributed by atoms with Crippen LogP contribution in [0.1, 0.15) is 0 Å². The number of benzene rings is 3. The largest absolute Gasteiger partial charge is 0.207 e. The highest BCUT2D eigenvalue weighted by Crippen LogP contribution is 2.31. The van der Waals surface area contributed by atoms with E-state index in [1.807, 2.05) is 0 Å². The Morgan fingerprint density at radius 2 is 0.947 bits per heavy atom. The summed E-state index contributed by atoms with van der Waals surface area (Å²) in [5.41, 5.74) is 0. The first-order valence-electron chi connectivity index (χ1n) is 5.33. The van der Waals surface area contributed by atoms with E-state index in [0.29, 0.717) is 12.1 Å². The van der Waals surface area contributed by atoms with Gasteiger partial charge in [0.05, 0.1) is 10.8 Å². The van der Waals surface area contributed by atoms with Crippen LogP contribution in [-0.2, 0) is 0 Å². The van der Waals surface area contributed by atoms with Crippen molar-refractivity contribution in [1.29, 1.82) is 0 Å². The van der Waals surface area contributed by atoms with Crippen LogP contribution in [0.2, 0.25) is 0 Å². The third-order valence-corrected chi connectivity index (χ3v) is 2.92. The molecule has 96 valence electrons. The van der Waals surface area contributed by atoms with Gasteiger partial charge >= 0.3 is 0 Å². The first kappa shape index (κ1) is 11.9. The van der Waals surface area contributed by atoms with Crippen molar-refractivity contribution in [2.24, 2.45) is 0 Å². The van der Waals surface area contributed by atoms with E-state index in [-0.39, 0.29) is 10.8 Å². The lowest BCUT2D eigenvalue weighted by Gasteiger charge is -2.07. The molecule has 0 saturated carbocycles. The van der Waals surface area contributed by atoms with Crippen LogP contribution >= 0.6 is 0 Å². The number of hydrogen-bond donors (Lipinski definition) is 0. The maximum atomic E-state index is 14.1. The summed E-state index contributed by atoms with van der Waals surface area (Å²) in [6.45, 7) is 0. The molecule has 0 unspecified atom stereocenters. The Labute approximate surface area is 104 Å². The molecule has 0 atom stereocenters. The van der Waals surface area contributed by atoms with Crippen molar-refractivity contribution < 1.29 is 22.0 Å². The lowest BCUT2D eigenvalue weighted by Crippen LogP contribution is -1.93. The second-order valence-corrected chi connectivity index (χ2v) is 4.16. The summed E-state index contributed by atoms with van der Waals surface area (Å²) in [7, 11) is 0. The molecular formula is C14H5F5. The van der Waals surface area contributed by atoms with Crippen molar-refractivity contribution in [2.75, 3.05) is 0 Å². The van der Waals surface area contributed by atoms with Crippen molar-refractivity contribution in [1.82, 2.24) is 0 Å². The van der Waals surface area contributed by atoms with E-state index in [2.05, 4.69) is 0 Å². The summed E-state index contributed by atoms with van der Waals surface area (Å²) in [6.07, 6.45) is 0. The maximum absolute atomic E-state index is 14.1. The second-order valence-electron chi connectivity index (χ2n) is 4.16. The summed E-state index contributed by atoms with van der Waals surface area (Å²) in [5, 5.41) is -1.21. The van der Waals surface area contributed by atoms with Gasteiger partial charge in [0.2, 0.25) is 0 Å². The lowest BCUT2D eigenvalue weighted by molar-refractivity contribution is 0.575. The zero-order chi connectivity index (χ0) is 13.7.